The first-order chi connectivity index (χ1) is 7.58. The molecule has 2 aromatic rings. The number of hydrogen-bond acceptors (Lipinski definition) is 1. The smallest absolute Gasteiger partial charge is 0.194 e. The predicted molar refractivity (Wildman–Crippen MR) is 52.4 cm³/mol. The van der Waals surface area contributed by atoms with Crippen molar-refractivity contribution in [1.29, 1.82) is 0 Å². The third-order valence-corrected chi connectivity index (χ3v) is 2.07. The van der Waals surface area contributed by atoms with Gasteiger partial charge in [-0.2, -0.15) is 0 Å². The molecule has 0 aliphatic carbocycles. The fraction of sp³-hybridized carbons (Fsp3) is 0. The van der Waals surface area contributed by atoms with Crippen LogP contribution in [0.25, 0.3) is 11.3 Å². The van der Waals surface area contributed by atoms with E-state index in [9.17, 15) is 18.0 Å². The van der Waals surface area contributed by atoms with Crippen LogP contribution in [0.5, 0.6) is 0 Å². The molecule has 1 N–H and O–H groups in total. The molecule has 0 unspecified atom stereocenters. The third-order valence-electron chi connectivity index (χ3n) is 2.07. The molecule has 0 saturated carbocycles. The summed E-state index contributed by atoms with van der Waals surface area (Å²) in [7, 11) is 0. The highest BCUT2D eigenvalue weighted by molar-refractivity contribution is 5.58. The number of hydrogen-bond donors (Lipinski definition) is 1. The average Bonchev–Trinajstić information content (AvgIpc) is 2.25. The van der Waals surface area contributed by atoms with Crippen LogP contribution in [0, 0.1) is 17.5 Å². The van der Waals surface area contributed by atoms with Crippen molar-refractivity contribution in [1.82, 2.24) is 4.98 Å². The van der Waals surface area contributed by atoms with Crippen LogP contribution in [0.4, 0.5) is 13.2 Å². The van der Waals surface area contributed by atoms with Gasteiger partial charge < -0.3 is 4.98 Å². The van der Waals surface area contributed by atoms with Gasteiger partial charge >= 0.3 is 0 Å². The molecule has 0 amide bonds. The second-order valence-electron chi connectivity index (χ2n) is 3.19. The highest BCUT2D eigenvalue weighted by Crippen LogP contribution is 2.20. The van der Waals surface area contributed by atoms with Gasteiger partial charge in [0.1, 0.15) is 0 Å². The molecule has 0 saturated heterocycles. The summed E-state index contributed by atoms with van der Waals surface area (Å²) in [5, 5.41) is 0. The summed E-state index contributed by atoms with van der Waals surface area (Å²) < 4.78 is 38.5. The van der Waals surface area contributed by atoms with E-state index in [0.29, 0.717) is 0 Å². The minimum atomic E-state index is -1.53. The largest absolute Gasteiger partial charge is 0.361 e. The van der Waals surface area contributed by atoms with E-state index in [2.05, 4.69) is 4.98 Å². The molecule has 0 aliphatic rings. The molecule has 0 spiro atoms. The van der Waals surface area contributed by atoms with Gasteiger partial charge in [0.25, 0.3) is 0 Å². The Morgan fingerprint density at radius 1 is 1.00 bits per heavy atom. The topological polar surface area (TPSA) is 32.9 Å². The molecular weight excluding hydrogens is 219 g/mol. The molecule has 1 aromatic heterocycles. The zero-order valence-electron chi connectivity index (χ0n) is 7.93. The van der Waals surface area contributed by atoms with Crippen molar-refractivity contribution in [3.8, 4) is 11.3 Å². The Kier molecular flexibility index (Phi) is 2.52. The van der Waals surface area contributed by atoms with E-state index in [0.717, 1.165) is 12.1 Å². The van der Waals surface area contributed by atoms with Crippen LogP contribution in [0.1, 0.15) is 0 Å². The SMILES string of the molecule is O=c1cc[nH]c(-c2cc(F)c(F)c(F)c2)c1. The Labute approximate surface area is 88.4 Å². The predicted octanol–water partition coefficient (Wildman–Crippen LogP) is 2.46. The number of aromatic nitrogens is 1. The lowest BCUT2D eigenvalue weighted by molar-refractivity contribution is 0.447. The summed E-state index contributed by atoms with van der Waals surface area (Å²) in [5.74, 6) is -4.11. The summed E-state index contributed by atoms with van der Waals surface area (Å²) in [6.45, 7) is 0. The van der Waals surface area contributed by atoms with Gasteiger partial charge in [-0.1, -0.05) is 0 Å². The van der Waals surface area contributed by atoms with E-state index in [1.807, 2.05) is 0 Å². The summed E-state index contributed by atoms with van der Waals surface area (Å²) in [6.07, 6.45) is 1.34. The van der Waals surface area contributed by atoms with E-state index in [1.54, 1.807) is 0 Å². The zero-order chi connectivity index (χ0) is 11.7. The Bertz CT molecular complexity index is 569. The molecule has 2 nitrogen and oxygen atoms in total. The molecule has 1 heterocycles. The highest BCUT2D eigenvalue weighted by Gasteiger charge is 2.11. The lowest BCUT2D eigenvalue weighted by atomic mass is 10.1. The molecule has 0 fully saturated rings. The van der Waals surface area contributed by atoms with E-state index >= 15 is 0 Å². The van der Waals surface area contributed by atoms with Crippen LogP contribution in [-0.4, -0.2) is 4.98 Å². The van der Waals surface area contributed by atoms with Gasteiger partial charge in [-0.05, 0) is 12.1 Å². The van der Waals surface area contributed by atoms with Crippen molar-refractivity contribution in [3.05, 3.63) is 58.1 Å². The minimum absolute atomic E-state index is 0.0779. The summed E-state index contributed by atoms with van der Waals surface area (Å²) in [5.41, 5.74) is -0.00158. The van der Waals surface area contributed by atoms with Gasteiger partial charge in [-0.25, -0.2) is 13.2 Å². The second kappa shape index (κ2) is 3.84. The first-order valence-corrected chi connectivity index (χ1v) is 4.41. The quantitative estimate of drug-likeness (QED) is 0.743. The maximum Gasteiger partial charge on any atom is 0.194 e. The molecular formula is C11H6F3NO. The van der Waals surface area contributed by atoms with E-state index in [-0.39, 0.29) is 16.7 Å². The van der Waals surface area contributed by atoms with E-state index < -0.39 is 17.5 Å². The Hall–Kier alpha value is -2.04. The van der Waals surface area contributed by atoms with Crippen LogP contribution in [0.2, 0.25) is 0 Å². The van der Waals surface area contributed by atoms with Crippen molar-refractivity contribution in [2.45, 2.75) is 0 Å². The van der Waals surface area contributed by atoms with Crippen LogP contribution in [0.3, 0.4) is 0 Å². The number of pyridine rings is 1. The number of rotatable bonds is 1. The monoisotopic (exact) mass is 225 g/mol. The fourth-order valence-electron chi connectivity index (χ4n) is 1.32. The number of benzene rings is 1. The lowest BCUT2D eigenvalue weighted by Gasteiger charge is -2.02. The first-order valence-electron chi connectivity index (χ1n) is 4.41. The van der Waals surface area contributed by atoms with Crippen LogP contribution in [-0.2, 0) is 0 Å². The normalized spacial score (nSPS) is 10.4. The summed E-state index contributed by atoms with van der Waals surface area (Å²) in [4.78, 5) is 13.7. The van der Waals surface area contributed by atoms with Gasteiger partial charge in [0.15, 0.2) is 22.9 Å². The van der Waals surface area contributed by atoms with Crippen LogP contribution < -0.4 is 5.43 Å². The van der Waals surface area contributed by atoms with Gasteiger partial charge in [0.05, 0.1) is 0 Å². The maximum absolute atomic E-state index is 12.9. The lowest BCUT2D eigenvalue weighted by Crippen LogP contribution is -1.99. The molecule has 0 radical (unpaired) electrons. The molecule has 1 aromatic carbocycles. The van der Waals surface area contributed by atoms with Gasteiger partial charge in [-0.3, -0.25) is 4.79 Å². The molecule has 82 valence electrons. The molecule has 0 atom stereocenters. The number of nitrogens with one attached hydrogen (secondary N) is 1. The first kappa shape index (κ1) is 10.5. The molecule has 0 aliphatic heterocycles. The number of aromatic amines is 1. The maximum atomic E-state index is 12.9. The molecule has 2 rings (SSSR count). The Morgan fingerprint density at radius 3 is 2.19 bits per heavy atom. The zero-order valence-corrected chi connectivity index (χ0v) is 7.93. The third kappa shape index (κ3) is 1.84. The van der Waals surface area contributed by atoms with Gasteiger partial charge in [0.2, 0.25) is 0 Å². The van der Waals surface area contributed by atoms with Crippen molar-refractivity contribution in [2.24, 2.45) is 0 Å². The standard InChI is InChI=1S/C11H6F3NO/c12-8-3-6(4-9(13)11(8)14)10-5-7(16)1-2-15-10/h1-5H,(H,15,16). The average molecular weight is 225 g/mol. The Morgan fingerprint density at radius 2 is 1.62 bits per heavy atom. The fourth-order valence-corrected chi connectivity index (χ4v) is 1.32. The molecule has 0 bridgehead atoms. The van der Waals surface area contributed by atoms with Crippen molar-refractivity contribution in [3.63, 3.8) is 0 Å². The van der Waals surface area contributed by atoms with Crippen molar-refractivity contribution in [2.75, 3.05) is 0 Å². The highest BCUT2D eigenvalue weighted by atomic mass is 19.2. The number of H-pyrrole nitrogens is 1. The summed E-state index contributed by atoms with van der Waals surface area (Å²) in [6, 6.07) is 4.08. The van der Waals surface area contributed by atoms with Gasteiger partial charge in [0, 0.05) is 29.6 Å². The number of halogens is 3. The Balaban J connectivity index is 2.61. The molecule has 5 heteroatoms. The van der Waals surface area contributed by atoms with E-state index in [1.165, 1.54) is 18.3 Å². The minimum Gasteiger partial charge on any atom is -0.361 e. The summed E-state index contributed by atoms with van der Waals surface area (Å²) >= 11 is 0. The van der Waals surface area contributed by atoms with Crippen LogP contribution in [0.15, 0.2) is 35.3 Å². The molecule has 16 heavy (non-hydrogen) atoms. The van der Waals surface area contributed by atoms with Gasteiger partial charge in [-0.15, -0.1) is 0 Å². The van der Waals surface area contributed by atoms with Crippen LogP contribution >= 0.6 is 0 Å². The van der Waals surface area contributed by atoms with E-state index in [4.69, 9.17) is 0 Å². The van der Waals surface area contributed by atoms with Crippen molar-refractivity contribution < 1.29 is 13.2 Å². The van der Waals surface area contributed by atoms with Crippen molar-refractivity contribution >= 4 is 0 Å². The second-order valence-corrected chi connectivity index (χ2v) is 3.19.